The molecule has 0 aromatic carbocycles. The van der Waals surface area contributed by atoms with Crippen LogP contribution in [0.2, 0.25) is 0 Å². The van der Waals surface area contributed by atoms with Crippen molar-refractivity contribution >= 4 is 7.60 Å². The molecular formula is C15H23F2N2O8P. The molecule has 3 N–H and O–H groups in total. The molecule has 160 valence electrons. The van der Waals surface area contributed by atoms with E-state index in [4.69, 9.17) is 4.74 Å². The molecular weight excluding hydrogens is 405 g/mol. The number of nitrogens with zero attached hydrogens (tertiary/aromatic N) is 1. The Morgan fingerprint density at radius 3 is 2.36 bits per heavy atom. The van der Waals surface area contributed by atoms with Gasteiger partial charge in [-0.05, 0) is 20.8 Å². The van der Waals surface area contributed by atoms with Gasteiger partial charge in [-0.1, -0.05) is 0 Å². The predicted octanol–water partition coefficient (Wildman–Crippen LogP) is 0.713. The van der Waals surface area contributed by atoms with Crippen molar-refractivity contribution in [2.24, 2.45) is 0 Å². The number of halogens is 2. The average Bonchev–Trinajstić information content (AvgIpc) is 2.86. The third-order valence-corrected chi connectivity index (χ3v) is 6.38. The lowest BCUT2D eigenvalue weighted by Gasteiger charge is -2.28. The van der Waals surface area contributed by atoms with Crippen molar-refractivity contribution in [1.29, 1.82) is 0 Å². The van der Waals surface area contributed by atoms with Gasteiger partial charge < -0.3 is 24.0 Å². The summed E-state index contributed by atoms with van der Waals surface area (Å²) in [6.07, 6.45) is -6.97. The molecule has 1 aromatic rings. The van der Waals surface area contributed by atoms with Crippen molar-refractivity contribution in [3.8, 4) is 0 Å². The number of hydrogen-bond acceptors (Lipinski definition) is 8. The number of hydrogen-bond donors (Lipinski definition) is 3. The Bertz CT molecular complexity index is 847. The summed E-state index contributed by atoms with van der Waals surface area (Å²) in [6.45, 7) is 3.54. The Labute approximate surface area is 158 Å². The summed E-state index contributed by atoms with van der Waals surface area (Å²) >= 11 is 0. The molecule has 1 aromatic heterocycles. The summed E-state index contributed by atoms with van der Waals surface area (Å²) in [5, 5.41) is 20.3. The first kappa shape index (κ1) is 22.9. The summed E-state index contributed by atoms with van der Waals surface area (Å²) in [6, 6.07) is 0. The van der Waals surface area contributed by atoms with Crippen LogP contribution in [0.25, 0.3) is 0 Å². The van der Waals surface area contributed by atoms with Crippen LogP contribution in [-0.2, 0) is 18.3 Å². The fraction of sp³-hybridized carbons (Fsp3) is 0.733. The molecule has 4 atom stereocenters. The molecule has 13 heteroatoms. The number of aryl methyl sites for hydroxylation is 1. The fourth-order valence-corrected chi connectivity index (χ4v) is 4.36. The summed E-state index contributed by atoms with van der Waals surface area (Å²) in [4.78, 5) is 25.4. The predicted molar refractivity (Wildman–Crippen MR) is 92.4 cm³/mol. The maximum absolute atomic E-state index is 14.6. The van der Waals surface area contributed by atoms with Crippen LogP contribution in [0, 0.1) is 6.92 Å². The van der Waals surface area contributed by atoms with Crippen LogP contribution >= 0.6 is 7.60 Å². The van der Waals surface area contributed by atoms with Gasteiger partial charge >= 0.3 is 18.9 Å². The van der Waals surface area contributed by atoms with Crippen LogP contribution in [0.3, 0.4) is 0 Å². The van der Waals surface area contributed by atoms with E-state index in [1.807, 2.05) is 4.98 Å². The van der Waals surface area contributed by atoms with Gasteiger partial charge in [-0.3, -0.25) is 18.9 Å². The first-order valence-corrected chi connectivity index (χ1v) is 10.1. The number of H-pyrrole nitrogens is 1. The molecule has 1 saturated heterocycles. The number of aliphatic hydroxyl groups excluding tert-OH is 2. The molecule has 1 aliphatic rings. The molecule has 10 nitrogen and oxygen atoms in total. The second-order valence-corrected chi connectivity index (χ2v) is 8.39. The SMILES string of the molecule is CCOP(=O)(OCC)C(F)(F)C[C@H]1O[C@@H](n2cc(C)c(=O)[nH]c2=O)[C@H](O)[C@@H]1O. The highest BCUT2D eigenvalue weighted by Gasteiger charge is 2.58. The van der Waals surface area contributed by atoms with E-state index in [2.05, 4.69) is 9.05 Å². The Morgan fingerprint density at radius 2 is 1.82 bits per heavy atom. The van der Waals surface area contributed by atoms with Gasteiger partial charge in [0.25, 0.3) is 5.56 Å². The third kappa shape index (κ3) is 4.27. The van der Waals surface area contributed by atoms with Crippen LogP contribution in [0.15, 0.2) is 15.8 Å². The minimum atomic E-state index is -4.86. The van der Waals surface area contributed by atoms with E-state index in [-0.39, 0.29) is 18.8 Å². The van der Waals surface area contributed by atoms with Gasteiger partial charge in [-0.2, -0.15) is 8.78 Å². The first-order valence-electron chi connectivity index (χ1n) is 8.58. The van der Waals surface area contributed by atoms with Crippen molar-refractivity contribution in [3.05, 3.63) is 32.6 Å². The molecule has 1 fully saturated rings. The maximum Gasteiger partial charge on any atom is 0.399 e. The van der Waals surface area contributed by atoms with Crippen LogP contribution < -0.4 is 11.2 Å². The fourth-order valence-electron chi connectivity index (χ4n) is 2.82. The molecule has 0 aliphatic carbocycles. The molecule has 0 unspecified atom stereocenters. The van der Waals surface area contributed by atoms with Crippen molar-refractivity contribution in [2.75, 3.05) is 13.2 Å². The molecule has 2 heterocycles. The highest BCUT2D eigenvalue weighted by atomic mass is 31.2. The molecule has 28 heavy (non-hydrogen) atoms. The zero-order valence-corrected chi connectivity index (χ0v) is 16.4. The Morgan fingerprint density at radius 1 is 1.25 bits per heavy atom. The Balaban J connectivity index is 2.29. The summed E-state index contributed by atoms with van der Waals surface area (Å²) in [5.74, 6) is 0. The van der Waals surface area contributed by atoms with Crippen LogP contribution in [0.4, 0.5) is 8.78 Å². The number of rotatable bonds is 8. The lowest BCUT2D eigenvalue weighted by atomic mass is 10.1. The minimum absolute atomic E-state index is 0.107. The van der Waals surface area contributed by atoms with Gasteiger partial charge in [0, 0.05) is 11.8 Å². The summed E-state index contributed by atoms with van der Waals surface area (Å²) in [5.41, 5.74) is -5.53. The van der Waals surface area contributed by atoms with Gasteiger partial charge in [0.05, 0.1) is 25.7 Å². The molecule has 0 spiro atoms. The van der Waals surface area contributed by atoms with Crippen LogP contribution in [-0.4, -0.2) is 57.0 Å². The molecule has 0 saturated carbocycles. The van der Waals surface area contributed by atoms with E-state index in [1.165, 1.54) is 20.8 Å². The minimum Gasteiger partial charge on any atom is -0.388 e. The van der Waals surface area contributed by atoms with Crippen LogP contribution in [0.1, 0.15) is 32.1 Å². The van der Waals surface area contributed by atoms with E-state index < -0.39 is 55.5 Å². The number of nitrogens with one attached hydrogen (secondary N) is 1. The smallest absolute Gasteiger partial charge is 0.388 e. The van der Waals surface area contributed by atoms with E-state index in [9.17, 15) is 33.1 Å². The monoisotopic (exact) mass is 428 g/mol. The second-order valence-electron chi connectivity index (χ2n) is 6.23. The quantitative estimate of drug-likeness (QED) is 0.515. The number of ether oxygens (including phenoxy) is 1. The standard InChI is InChI=1S/C15H23F2N2O8P/c1-4-25-28(24,26-5-2)15(16,17)6-9-10(20)11(21)13(27-9)19-7-8(3)12(22)18-14(19)23/h7,9-11,13,20-21H,4-6H2,1-3H3,(H,18,22,23)/t9-,10-,11-,13-/m1/s1. The van der Waals surface area contributed by atoms with Gasteiger partial charge in [-0.25, -0.2) is 4.79 Å². The Kier molecular flexibility index (Phi) is 6.95. The number of aromatic nitrogens is 2. The van der Waals surface area contributed by atoms with Gasteiger partial charge in [0.1, 0.15) is 12.2 Å². The van der Waals surface area contributed by atoms with Gasteiger partial charge in [0.15, 0.2) is 6.23 Å². The third-order valence-electron chi connectivity index (χ3n) is 4.20. The van der Waals surface area contributed by atoms with E-state index in [0.717, 1.165) is 10.8 Å². The highest BCUT2D eigenvalue weighted by Crippen LogP contribution is 2.64. The summed E-state index contributed by atoms with van der Waals surface area (Å²) < 4.78 is 57.0. The van der Waals surface area contributed by atoms with Gasteiger partial charge in [0.2, 0.25) is 0 Å². The normalized spacial score (nSPS) is 26.0. The van der Waals surface area contributed by atoms with E-state index >= 15 is 0 Å². The molecule has 0 amide bonds. The number of aromatic amines is 1. The number of aliphatic hydroxyl groups is 2. The summed E-state index contributed by atoms with van der Waals surface area (Å²) in [7, 11) is -4.86. The molecule has 2 rings (SSSR count). The van der Waals surface area contributed by atoms with Crippen molar-refractivity contribution in [3.63, 3.8) is 0 Å². The first-order chi connectivity index (χ1) is 13.0. The van der Waals surface area contributed by atoms with E-state index in [0.29, 0.717) is 0 Å². The molecule has 1 aliphatic heterocycles. The number of alkyl halides is 2. The Hall–Kier alpha value is -1.43. The van der Waals surface area contributed by atoms with Crippen molar-refractivity contribution in [2.45, 2.75) is 57.4 Å². The van der Waals surface area contributed by atoms with Crippen LogP contribution in [0.5, 0.6) is 0 Å². The average molecular weight is 428 g/mol. The lowest BCUT2D eigenvalue weighted by Crippen LogP contribution is -2.38. The lowest BCUT2D eigenvalue weighted by molar-refractivity contribution is -0.0735. The van der Waals surface area contributed by atoms with Crippen molar-refractivity contribution < 1.29 is 37.3 Å². The highest BCUT2D eigenvalue weighted by molar-refractivity contribution is 7.55. The second kappa shape index (κ2) is 8.52. The molecule has 0 radical (unpaired) electrons. The van der Waals surface area contributed by atoms with Crippen molar-refractivity contribution in [1.82, 2.24) is 9.55 Å². The largest absolute Gasteiger partial charge is 0.399 e. The maximum atomic E-state index is 14.6. The van der Waals surface area contributed by atoms with E-state index in [1.54, 1.807) is 0 Å². The zero-order valence-electron chi connectivity index (χ0n) is 15.5. The van der Waals surface area contributed by atoms with Gasteiger partial charge in [-0.15, -0.1) is 0 Å². The topological polar surface area (TPSA) is 140 Å². The molecule has 0 bridgehead atoms. The zero-order chi connectivity index (χ0) is 21.3.